The summed E-state index contributed by atoms with van der Waals surface area (Å²) in [7, 11) is 0. The van der Waals surface area contributed by atoms with Crippen LogP contribution in [0.5, 0.6) is 0 Å². The van der Waals surface area contributed by atoms with Crippen LogP contribution in [0.15, 0.2) is 27.6 Å². The van der Waals surface area contributed by atoms with Crippen LogP contribution in [0.1, 0.15) is 5.56 Å². The lowest BCUT2D eigenvalue weighted by molar-refractivity contribution is -0.115. The summed E-state index contributed by atoms with van der Waals surface area (Å²) in [6, 6.07) is 7.23. The van der Waals surface area contributed by atoms with Gasteiger partial charge in [-0.15, -0.1) is 11.8 Å². The second-order valence-corrected chi connectivity index (χ2v) is 4.38. The highest BCUT2D eigenvalue weighted by Gasteiger charge is 2.03. The van der Waals surface area contributed by atoms with Crippen LogP contribution >= 0.6 is 27.7 Å². The molecule has 0 aliphatic heterocycles. The number of nitriles is 1. The van der Waals surface area contributed by atoms with Crippen LogP contribution in [-0.2, 0) is 4.79 Å². The number of thioether (sulfide) groups is 1. The first kappa shape index (κ1) is 11.1. The molecule has 0 heterocycles. The van der Waals surface area contributed by atoms with E-state index in [2.05, 4.69) is 15.9 Å². The fourth-order valence-electron chi connectivity index (χ4n) is 0.836. The second-order valence-electron chi connectivity index (χ2n) is 2.51. The molecule has 0 radical (unpaired) electrons. The number of halogens is 1. The predicted molar refractivity (Wildman–Crippen MR) is 58.8 cm³/mol. The Balaban J connectivity index is 2.80. The van der Waals surface area contributed by atoms with Gasteiger partial charge < -0.3 is 5.73 Å². The van der Waals surface area contributed by atoms with Gasteiger partial charge in [-0.1, -0.05) is 0 Å². The zero-order valence-electron chi connectivity index (χ0n) is 7.16. The Morgan fingerprint density at radius 1 is 1.64 bits per heavy atom. The quantitative estimate of drug-likeness (QED) is 0.854. The fraction of sp³-hybridized carbons (Fsp3) is 0.111. The number of nitrogens with zero attached hydrogens (tertiary/aromatic N) is 1. The molecule has 2 N–H and O–H groups in total. The van der Waals surface area contributed by atoms with Gasteiger partial charge in [0.05, 0.1) is 17.4 Å². The molecular formula is C9H7BrN2OS. The Hall–Kier alpha value is -0.990. The lowest BCUT2D eigenvalue weighted by atomic mass is 10.2. The molecule has 0 aliphatic rings. The predicted octanol–water partition coefficient (Wildman–Crippen LogP) is 1.90. The van der Waals surface area contributed by atoms with Crippen molar-refractivity contribution in [2.75, 3.05) is 5.75 Å². The van der Waals surface area contributed by atoms with E-state index in [1.165, 1.54) is 11.8 Å². The Morgan fingerprint density at radius 2 is 2.36 bits per heavy atom. The van der Waals surface area contributed by atoms with E-state index in [1.807, 2.05) is 6.07 Å². The Bertz CT molecular complexity index is 400. The van der Waals surface area contributed by atoms with Gasteiger partial charge in [0.2, 0.25) is 5.91 Å². The number of primary amides is 1. The Labute approximate surface area is 94.4 Å². The van der Waals surface area contributed by atoms with Gasteiger partial charge >= 0.3 is 0 Å². The van der Waals surface area contributed by atoms with Crippen molar-refractivity contribution in [3.05, 3.63) is 28.2 Å². The van der Waals surface area contributed by atoms with Crippen LogP contribution in [0.25, 0.3) is 0 Å². The van der Waals surface area contributed by atoms with Crippen molar-refractivity contribution in [1.29, 1.82) is 5.26 Å². The molecule has 14 heavy (non-hydrogen) atoms. The highest BCUT2D eigenvalue weighted by atomic mass is 79.9. The van der Waals surface area contributed by atoms with E-state index in [0.29, 0.717) is 5.56 Å². The Kier molecular flexibility index (Phi) is 3.98. The summed E-state index contributed by atoms with van der Waals surface area (Å²) in [5, 5.41) is 8.62. The van der Waals surface area contributed by atoms with Crippen LogP contribution < -0.4 is 5.73 Å². The van der Waals surface area contributed by atoms with Gasteiger partial charge in [-0.2, -0.15) is 5.26 Å². The lowest BCUT2D eigenvalue weighted by Crippen LogP contribution is -2.12. The second kappa shape index (κ2) is 5.03. The lowest BCUT2D eigenvalue weighted by Gasteiger charge is -2.02. The average Bonchev–Trinajstić information content (AvgIpc) is 2.15. The van der Waals surface area contributed by atoms with Gasteiger partial charge in [0.1, 0.15) is 0 Å². The number of amides is 1. The van der Waals surface area contributed by atoms with Crippen molar-refractivity contribution >= 4 is 33.6 Å². The monoisotopic (exact) mass is 270 g/mol. The third kappa shape index (κ3) is 3.05. The summed E-state index contributed by atoms with van der Waals surface area (Å²) in [6.07, 6.45) is 0. The highest BCUT2D eigenvalue weighted by Crippen LogP contribution is 2.27. The van der Waals surface area contributed by atoms with Crippen LogP contribution in [0.2, 0.25) is 0 Å². The third-order valence-electron chi connectivity index (χ3n) is 1.43. The van der Waals surface area contributed by atoms with Gasteiger partial charge in [-0.05, 0) is 34.1 Å². The molecule has 1 aromatic carbocycles. The zero-order chi connectivity index (χ0) is 10.6. The van der Waals surface area contributed by atoms with E-state index in [9.17, 15) is 4.79 Å². The minimum atomic E-state index is -0.355. The first-order valence-corrected chi connectivity index (χ1v) is 5.52. The zero-order valence-corrected chi connectivity index (χ0v) is 9.56. The molecule has 0 atom stereocenters. The van der Waals surface area contributed by atoms with Crippen LogP contribution in [-0.4, -0.2) is 11.7 Å². The maximum absolute atomic E-state index is 10.5. The van der Waals surface area contributed by atoms with Crippen molar-refractivity contribution in [3.8, 4) is 6.07 Å². The molecule has 5 heteroatoms. The normalized spacial score (nSPS) is 9.43. The van der Waals surface area contributed by atoms with E-state index < -0.39 is 0 Å². The molecule has 0 bridgehead atoms. The molecule has 0 aliphatic carbocycles. The SMILES string of the molecule is N#Cc1ccc(SCC(N)=O)c(Br)c1. The number of benzene rings is 1. The molecule has 0 fully saturated rings. The van der Waals surface area contributed by atoms with Crippen LogP contribution in [0.3, 0.4) is 0 Å². The number of hydrogen-bond donors (Lipinski definition) is 1. The van der Waals surface area contributed by atoms with Crippen molar-refractivity contribution < 1.29 is 4.79 Å². The van der Waals surface area contributed by atoms with E-state index in [-0.39, 0.29) is 11.7 Å². The number of hydrogen-bond acceptors (Lipinski definition) is 3. The summed E-state index contributed by atoms with van der Waals surface area (Å²) in [6.45, 7) is 0. The minimum Gasteiger partial charge on any atom is -0.369 e. The topological polar surface area (TPSA) is 66.9 Å². The maximum atomic E-state index is 10.5. The Morgan fingerprint density at radius 3 is 2.86 bits per heavy atom. The maximum Gasteiger partial charge on any atom is 0.227 e. The molecule has 0 spiro atoms. The van der Waals surface area contributed by atoms with E-state index in [0.717, 1.165) is 9.37 Å². The van der Waals surface area contributed by atoms with Gasteiger partial charge in [0.25, 0.3) is 0 Å². The summed E-state index contributed by atoms with van der Waals surface area (Å²) < 4.78 is 0.808. The molecule has 1 amide bonds. The van der Waals surface area contributed by atoms with E-state index in [1.54, 1.807) is 18.2 Å². The fourth-order valence-corrected chi connectivity index (χ4v) is 2.22. The van der Waals surface area contributed by atoms with Crippen molar-refractivity contribution in [1.82, 2.24) is 0 Å². The molecule has 72 valence electrons. The van der Waals surface area contributed by atoms with Crippen molar-refractivity contribution in [3.63, 3.8) is 0 Å². The molecule has 0 aromatic heterocycles. The van der Waals surface area contributed by atoms with Gasteiger partial charge in [-0.3, -0.25) is 4.79 Å². The largest absolute Gasteiger partial charge is 0.369 e. The minimum absolute atomic E-state index is 0.241. The number of nitrogens with two attached hydrogens (primary N) is 1. The first-order valence-electron chi connectivity index (χ1n) is 3.74. The van der Waals surface area contributed by atoms with Crippen LogP contribution in [0.4, 0.5) is 0 Å². The molecule has 0 saturated carbocycles. The molecule has 0 saturated heterocycles. The molecule has 3 nitrogen and oxygen atoms in total. The van der Waals surface area contributed by atoms with Crippen molar-refractivity contribution in [2.24, 2.45) is 5.73 Å². The smallest absolute Gasteiger partial charge is 0.227 e. The molecule has 1 aromatic rings. The first-order chi connectivity index (χ1) is 6.63. The number of carbonyl (C=O) groups excluding carboxylic acids is 1. The molecule has 1 rings (SSSR count). The standard InChI is InChI=1S/C9H7BrN2OS/c10-7-3-6(4-11)1-2-8(7)14-5-9(12)13/h1-3H,5H2,(H2,12,13). The average molecular weight is 271 g/mol. The summed E-state index contributed by atoms with van der Waals surface area (Å²) in [5.74, 6) is -0.115. The van der Waals surface area contributed by atoms with Gasteiger partial charge in [0.15, 0.2) is 0 Å². The summed E-state index contributed by atoms with van der Waals surface area (Å²) >= 11 is 4.66. The van der Waals surface area contributed by atoms with E-state index in [4.69, 9.17) is 11.0 Å². The van der Waals surface area contributed by atoms with Gasteiger partial charge in [0, 0.05) is 9.37 Å². The molecule has 0 unspecified atom stereocenters. The van der Waals surface area contributed by atoms with Crippen molar-refractivity contribution in [2.45, 2.75) is 4.90 Å². The molecular weight excluding hydrogens is 264 g/mol. The van der Waals surface area contributed by atoms with E-state index >= 15 is 0 Å². The number of rotatable bonds is 3. The third-order valence-corrected chi connectivity index (χ3v) is 3.45. The highest BCUT2D eigenvalue weighted by molar-refractivity contribution is 9.10. The summed E-state index contributed by atoms with van der Waals surface area (Å²) in [5.41, 5.74) is 5.60. The van der Waals surface area contributed by atoms with Gasteiger partial charge in [-0.25, -0.2) is 0 Å². The van der Waals surface area contributed by atoms with Crippen LogP contribution in [0, 0.1) is 11.3 Å². The summed E-state index contributed by atoms with van der Waals surface area (Å²) in [4.78, 5) is 11.4. The number of carbonyl (C=O) groups is 1.